The molecule has 2 amide bonds. The van der Waals surface area contributed by atoms with Gasteiger partial charge in [-0.15, -0.1) is 12.4 Å². The maximum Gasteiger partial charge on any atom is 0.242 e. The highest BCUT2D eigenvalue weighted by atomic mass is 35.5. The lowest BCUT2D eigenvalue weighted by atomic mass is 10.1. The summed E-state index contributed by atoms with van der Waals surface area (Å²) in [6.45, 7) is 4.14. The van der Waals surface area contributed by atoms with E-state index in [1.807, 2.05) is 4.90 Å². The molecule has 2 saturated heterocycles. The molecule has 0 radical (unpaired) electrons. The maximum absolute atomic E-state index is 12.1. The average Bonchev–Trinajstić information content (AvgIpc) is 2.98. The van der Waals surface area contributed by atoms with Gasteiger partial charge in [-0.3, -0.25) is 9.59 Å². The van der Waals surface area contributed by atoms with Crippen LogP contribution in [0.5, 0.6) is 0 Å². The molecular weight excluding hydrogens is 294 g/mol. The average molecular weight is 320 g/mol. The molecule has 21 heavy (non-hydrogen) atoms. The van der Waals surface area contributed by atoms with Gasteiger partial charge < -0.3 is 19.9 Å². The Labute approximate surface area is 132 Å². The Hall–Kier alpha value is -0.850. The number of carbonyl (C=O) groups excluding carboxylic acids is 2. The second kappa shape index (κ2) is 9.23. The predicted molar refractivity (Wildman–Crippen MR) is 82.5 cm³/mol. The molecule has 0 aromatic rings. The Morgan fingerprint density at radius 2 is 2.05 bits per heavy atom. The van der Waals surface area contributed by atoms with Gasteiger partial charge in [-0.2, -0.15) is 0 Å². The number of likely N-dealkylation sites (N-methyl/N-ethyl adjacent to an activating group) is 1. The van der Waals surface area contributed by atoms with Gasteiger partial charge in [0.15, 0.2) is 0 Å². The molecule has 0 saturated carbocycles. The number of hydrogen-bond acceptors (Lipinski definition) is 4. The van der Waals surface area contributed by atoms with Gasteiger partial charge in [0.2, 0.25) is 11.8 Å². The second-order valence-corrected chi connectivity index (χ2v) is 5.55. The van der Waals surface area contributed by atoms with E-state index in [-0.39, 0.29) is 36.9 Å². The number of hydrogen-bond donors (Lipinski definition) is 1. The lowest BCUT2D eigenvalue weighted by molar-refractivity contribution is -0.140. The SMILES string of the molecule is CN(CC(=O)N1CCNCC1)C(=O)CCC1CCCO1.Cl. The molecule has 1 unspecified atom stereocenters. The molecule has 0 aromatic heterocycles. The summed E-state index contributed by atoms with van der Waals surface area (Å²) >= 11 is 0. The first kappa shape index (κ1) is 18.2. The highest BCUT2D eigenvalue weighted by Crippen LogP contribution is 2.17. The van der Waals surface area contributed by atoms with Gasteiger partial charge >= 0.3 is 0 Å². The number of ether oxygens (including phenoxy) is 1. The molecule has 1 N–H and O–H groups in total. The molecule has 2 heterocycles. The summed E-state index contributed by atoms with van der Waals surface area (Å²) in [4.78, 5) is 27.4. The summed E-state index contributed by atoms with van der Waals surface area (Å²) in [5, 5.41) is 3.21. The van der Waals surface area contributed by atoms with Crippen molar-refractivity contribution in [3.05, 3.63) is 0 Å². The summed E-state index contributed by atoms with van der Waals surface area (Å²) in [7, 11) is 1.71. The molecular formula is C14H26ClN3O3. The van der Waals surface area contributed by atoms with Gasteiger partial charge in [0, 0.05) is 46.3 Å². The fraction of sp³-hybridized carbons (Fsp3) is 0.857. The summed E-state index contributed by atoms with van der Waals surface area (Å²) < 4.78 is 5.51. The van der Waals surface area contributed by atoms with Crippen molar-refractivity contribution < 1.29 is 14.3 Å². The van der Waals surface area contributed by atoms with Crippen molar-refractivity contribution in [2.75, 3.05) is 46.4 Å². The number of amides is 2. The lowest BCUT2D eigenvalue weighted by Crippen LogP contribution is -2.49. The Balaban J connectivity index is 0.00000220. The first-order valence-corrected chi connectivity index (χ1v) is 7.51. The van der Waals surface area contributed by atoms with Crippen LogP contribution in [-0.4, -0.2) is 74.1 Å². The van der Waals surface area contributed by atoms with Gasteiger partial charge in [0.25, 0.3) is 0 Å². The van der Waals surface area contributed by atoms with E-state index < -0.39 is 0 Å². The van der Waals surface area contributed by atoms with Crippen LogP contribution in [0.15, 0.2) is 0 Å². The molecule has 0 bridgehead atoms. The number of halogens is 1. The van der Waals surface area contributed by atoms with E-state index in [1.54, 1.807) is 11.9 Å². The first-order valence-electron chi connectivity index (χ1n) is 7.51. The summed E-state index contributed by atoms with van der Waals surface area (Å²) in [5.41, 5.74) is 0. The van der Waals surface area contributed by atoms with E-state index in [0.717, 1.165) is 52.0 Å². The standard InChI is InChI=1S/C14H25N3O3.ClH/c1-16(11-14(19)17-8-6-15-7-9-17)13(18)5-4-12-3-2-10-20-12;/h12,15H,2-11H2,1H3;1H. The van der Waals surface area contributed by atoms with Crippen molar-refractivity contribution in [1.29, 1.82) is 0 Å². The molecule has 7 heteroatoms. The van der Waals surface area contributed by atoms with Crippen LogP contribution in [0.4, 0.5) is 0 Å². The van der Waals surface area contributed by atoms with E-state index in [0.29, 0.717) is 6.42 Å². The minimum atomic E-state index is 0. The van der Waals surface area contributed by atoms with Crippen molar-refractivity contribution >= 4 is 24.2 Å². The first-order chi connectivity index (χ1) is 9.66. The van der Waals surface area contributed by atoms with Crippen molar-refractivity contribution in [3.63, 3.8) is 0 Å². The van der Waals surface area contributed by atoms with Crippen LogP contribution in [0.2, 0.25) is 0 Å². The van der Waals surface area contributed by atoms with Gasteiger partial charge in [0.05, 0.1) is 12.6 Å². The van der Waals surface area contributed by atoms with Crippen molar-refractivity contribution in [2.45, 2.75) is 31.8 Å². The third-order valence-corrected chi connectivity index (χ3v) is 3.97. The highest BCUT2D eigenvalue weighted by Gasteiger charge is 2.21. The molecule has 2 rings (SSSR count). The largest absolute Gasteiger partial charge is 0.378 e. The van der Waals surface area contributed by atoms with E-state index in [1.165, 1.54) is 0 Å². The summed E-state index contributed by atoms with van der Waals surface area (Å²) in [6, 6.07) is 0. The minimum absolute atomic E-state index is 0. The van der Waals surface area contributed by atoms with Crippen LogP contribution >= 0.6 is 12.4 Å². The molecule has 0 aliphatic carbocycles. The molecule has 2 aliphatic rings. The fourth-order valence-corrected chi connectivity index (χ4v) is 2.65. The lowest BCUT2D eigenvalue weighted by Gasteiger charge is -2.29. The van der Waals surface area contributed by atoms with E-state index in [9.17, 15) is 9.59 Å². The highest BCUT2D eigenvalue weighted by molar-refractivity contribution is 5.85. The van der Waals surface area contributed by atoms with E-state index >= 15 is 0 Å². The molecule has 122 valence electrons. The smallest absolute Gasteiger partial charge is 0.242 e. The Kier molecular flexibility index (Phi) is 8.00. The van der Waals surface area contributed by atoms with E-state index in [2.05, 4.69) is 5.32 Å². The normalized spacial score (nSPS) is 21.8. The van der Waals surface area contributed by atoms with Gasteiger partial charge in [-0.25, -0.2) is 0 Å². The molecule has 6 nitrogen and oxygen atoms in total. The zero-order valence-corrected chi connectivity index (χ0v) is 13.5. The number of rotatable bonds is 5. The van der Waals surface area contributed by atoms with Crippen LogP contribution in [0.1, 0.15) is 25.7 Å². The molecule has 1 atom stereocenters. The fourth-order valence-electron chi connectivity index (χ4n) is 2.65. The zero-order chi connectivity index (χ0) is 14.4. The Bertz CT molecular complexity index is 342. The van der Waals surface area contributed by atoms with Gasteiger partial charge in [-0.1, -0.05) is 0 Å². The molecule has 0 aromatic carbocycles. The number of nitrogens with zero attached hydrogens (tertiary/aromatic N) is 2. The van der Waals surface area contributed by atoms with Gasteiger partial charge in [0.1, 0.15) is 0 Å². The maximum atomic E-state index is 12.1. The van der Waals surface area contributed by atoms with Crippen LogP contribution in [0.25, 0.3) is 0 Å². The minimum Gasteiger partial charge on any atom is -0.378 e. The van der Waals surface area contributed by atoms with E-state index in [4.69, 9.17) is 4.74 Å². The predicted octanol–water partition coefficient (Wildman–Crippen LogP) is 0.258. The topological polar surface area (TPSA) is 61.9 Å². The van der Waals surface area contributed by atoms with Crippen molar-refractivity contribution in [3.8, 4) is 0 Å². The van der Waals surface area contributed by atoms with Crippen LogP contribution in [0, 0.1) is 0 Å². The summed E-state index contributed by atoms with van der Waals surface area (Å²) in [5.74, 6) is 0.0726. The second-order valence-electron chi connectivity index (χ2n) is 5.55. The number of carbonyl (C=O) groups is 2. The third-order valence-electron chi connectivity index (χ3n) is 3.97. The summed E-state index contributed by atoms with van der Waals surface area (Å²) in [6.07, 6.45) is 3.62. The molecule has 0 spiro atoms. The molecule has 2 fully saturated rings. The third kappa shape index (κ3) is 5.80. The number of nitrogens with one attached hydrogen (secondary N) is 1. The van der Waals surface area contributed by atoms with Crippen LogP contribution in [-0.2, 0) is 14.3 Å². The van der Waals surface area contributed by atoms with Gasteiger partial charge in [-0.05, 0) is 19.3 Å². The van der Waals surface area contributed by atoms with Crippen LogP contribution < -0.4 is 5.32 Å². The Morgan fingerprint density at radius 1 is 1.33 bits per heavy atom. The zero-order valence-electron chi connectivity index (χ0n) is 12.7. The van der Waals surface area contributed by atoms with Crippen molar-refractivity contribution in [1.82, 2.24) is 15.1 Å². The number of piperazine rings is 1. The quantitative estimate of drug-likeness (QED) is 0.789. The Morgan fingerprint density at radius 3 is 2.67 bits per heavy atom. The van der Waals surface area contributed by atoms with Crippen LogP contribution in [0.3, 0.4) is 0 Å². The monoisotopic (exact) mass is 319 g/mol. The molecule has 2 aliphatic heterocycles. The van der Waals surface area contributed by atoms with Crippen molar-refractivity contribution in [2.24, 2.45) is 0 Å².